The SMILES string of the molecule is Br.CCN(C)/C=N\c1cc(C)c(Cc2nc(-c3cc(F)c(C)cc3F)cs2)cc1C. The summed E-state index contributed by atoms with van der Waals surface area (Å²) in [7, 11) is 1.99. The van der Waals surface area contributed by atoms with E-state index >= 15 is 0 Å². The maximum absolute atomic E-state index is 14.2. The van der Waals surface area contributed by atoms with Crippen LogP contribution in [0, 0.1) is 32.4 Å². The van der Waals surface area contributed by atoms with Crippen molar-refractivity contribution in [2.75, 3.05) is 13.6 Å². The molecular weight excluding hydrogens is 468 g/mol. The topological polar surface area (TPSA) is 28.5 Å². The van der Waals surface area contributed by atoms with Crippen LogP contribution in [0.5, 0.6) is 0 Å². The molecule has 1 aromatic heterocycles. The van der Waals surface area contributed by atoms with E-state index in [4.69, 9.17) is 0 Å². The summed E-state index contributed by atoms with van der Waals surface area (Å²) in [5.41, 5.74) is 5.29. The molecular formula is C23H26BrF2N3S. The number of aliphatic imine (C=N–C) groups is 1. The molecule has 160 valence electrons. The molecule has 0 aliphatic rings. The predicted molar refractivity (Wildman–Crippen MR) is 128 cm³/mol. The molecule has 3 aromatic rings. The van der Waals surface area contributed by atoms with Gasteiger partial charge < -0.3 is 4.90 Å². The summed E-state index contributed by atoms with van der Waals surface area (Å²) < 4.78 is 28.1. The van der Waals surface area contributed by atoms with Crippen LogP contribution in [0.2, 0.25) is 0 Å². The van der Waals surface area contributed by atoms with E-state index in [1.807, 2.05) is 25.2 Å². The molecule has 0 bridgehead atoms. The number of rotatable bonds is 6. The molecule has 0 spiro atoms. The Morgan fingerprint density at radius 1 is 1.03 bits per heavy atom. The number of aryl methyl sites for hydroxylation is 3. The number of aromatic nitrogens is 1. The molecule has 0 N–H and O–H groups in total. The van der Waals surface area contributed by atoms with Gasteiger partial charge in [-0.1, -0.05) is 6.07 Å². The van der Waals surface area contributed by atoms with Gasteiger partial charge in [0.2, 0.25) is 0 Å². The van der Waals surface area contributed by atoms with Gasteiger partial charge in [0.05, 0.1) is 22.7 Å². The van der Waals surface area contributed by atoms with E-state index in [2.05, 4.69) is 36.0 Å². The fourth-order valence-corrected chi connectivity index (χ4v) is 3.77. The number of hydrogen-bond donors (Lipinski definition) is 0. The summed E-state index contributed by atoms with van der Waals surface area (Å²) in [5, 5.41) is 2.65. The fraction of sp³-hybridized carbons (Fsp3) is 0.304. The highest BCUT2D eigenvalue weighted by Gasteiger charge is 2.14. The Balaban J connectivity index is 0.00000320. The van der Waals surface area contributed by atoms with Crippen molar-refractivity contribution in [3.63, 3.8) is 0 Å². The van der Waals surface area contributed by atoms with Crippen LogP contribution in [0.1, 0.15) is 34.2 Å². The molecule has 2 aromatic carbocycles. The second-order valence-corrected chi connectivity index (χ2v) is 8.21. The average molecular weight is 494 g/mol. The van der Waals surface area contributed by atoms with Crippen LogP contribution in [0.4, 0.5) is 14.5 Å². The fourth-order valence-electron chi connectivity index (χ4n) is 2.95. The first kappa shape index (κ1) is 24.2. The van der Waals surface area contributed by atoms with Crippen molar-refractivity contribution in [1.82, 2.24) is 9.88 Å². The van der Waals surface area contributed by atoms with E-state index in [1.165, 1.54) is 23.5 Å². The number of halogens is 3. The van der Waals surface area contributed by atoms with Gasteiger partial charge in [-0.3, -0.25) is 0 Å². The second kappa shape index (κ2) is 10.3. The quantitative estimate of drug-likeness (QED) is 0.279. The summed E-state index contributed by atoms with van der Waals surface area (Å²) in [6.07, 6.45) is 2.48. The smallest absolute Gasteiger partial charge is 0.133 e. The molecule has 1 heterocycles. The van der Waals surface area contributed by atoms with Crippen molar-refractivity contribution in [3.05, 3.63) is 68.5 Å². The van der Waals surface area contributed by atoms with E-state index in [0.29, 0.717) is 17.7 Å². The number of hydrogen-bond acceptors (Lipinski definition) is 3. The molecule has 3 rings (SSSR count). The Bertz CT molecular complexity index is 1060. The third-order valence-corrected chi connectivity index (χ3v) is 5.81. The van der Waals surface area contributed by atoms with E-state index in [9.17, 15) is 8.78 Å². The van der Waals surface area contributed by atoms with Gasteiger partial charge in [0, 0.05) is 31.0 Å². The van der Waals surface area contributed by atoms with Crippen molar-refractivity contribution < 1.29 is 8.78 Å². The maximum atomic E-state index is 14.2. The first-order valence-electron chi connectivity index (χ1n) is 9.53. The van der Waals surface area contributed by atoms with Crippen molar-refractivity contribution in [2.45, 2.75) is 34.1 Å². The number of thiazole rings is 1. The molecule has 30 heavy (non-hydrogen) atoms. The minimum absolute atomic E-state index is 0. The lowest BCUT2D eigenvalue weighted by Gasteiger charge is -2.11. The molecule has 0 saturated heterocycles. The Morgan fingerprint density at radius 3 is 2.47 bits per heavy atom. The maximum Gasteiger partial charge on any atom is 0.133 e. The minimum atomic E-state index is -0.452. The molecule has 0 amide bonds. The van der Waals surface area contributed by atoms with Crippen molar-refractivity contribution >= 4 is 40.3 Å². The monoisotopic (exact) mass is 493 g/mol. The highest BCUT2D eigenvalue weighted by Crippen LogP contribution is 2.29. The lowest BCUT2D eigenvalue weighted by Crippen LogP contribution is -2.14. The molecule has 0 saturated carbocycles. The standard InChI is InChI=1S/C23H25F2N3S.BrH/c1-6-28(5)13-26-21-9-14(2)17(7-16(21)4)10-23-27-22(12-29-23)18-11-19(24)15(3)8-20(18)25;/h7-9,11-13H,6,10H2,1-5H3;1H/b26-13-;. The van der Waals surface area contributed by atoms with Gasteiger partial charge in [0.1, 0.15) is 11.6 Å². The van der Waals surface area contributed by atoms with Gasteiger partial charge in [-0.2, -0.15) is 0 Å². The third kappa shape index (κ3) is 5.52. The number of nitrogens with zero attached hydrogens (tertiary/aromatic N) is 3. The van der Waals surface area contributed by atoms with Crippen molar-refractivity contribution in [2.24, 2.45) is 4.99 Å². The van der Waals surface area contributed by atoms with Crippen LogP contribution >= 0.6 is 28.3 Å². The van der Waals surface area contributed by atoms with Crippen molar-refractivity contribution in [1.29, 1.82) is 0 Å². The summed E-state index contributed by atoms with van der Waals surface area (Å²) in [6.45, 7) is 8.62. The van der Waals surface area contributed by atoms with Crippen LogP contribution in [-0.4, -0.2) is 29.8 Å². The van der Waals surface area contributed by atoms with Gasteiger partial charge >= 0.3 is 0 Å². The second-order valence-electron chi connectivity index (χ2n) is 7.27. The van der Waals surface area contributed by atoms with E-state index in [1.54, 1.807) is 12.3 Å². The van der Waals surface area contributed by atoms with Crippen molar-refractivity contribution in [3.8, 4) is 11.3 Å². The zero-order chi connectivity index (χ0) is 21.1. The van der Waals surface area contributed by atoms with Gasteiger partial charge in [-0.15, -0.1) is 28.3 Å². The normalized spacial score (nSPS) is 11.0. The zero-order valence-corrected chi connectivity index (χ0v) is 20.3. The lowest BCUT2D eigenvalue weighted by molar-refractivity contribution is 0.552. The van der Waals surface area contributed by atoms with Crippen LogP contribution in [0.25, 0.3) is 11.3 Å². The lowest BCUT2D eigenvalue weighted by atomic mass is 10.0. The Hall–Kier alpha value is -2.12. The van der Waals surface area contributed by atoms with Gasteiger partial charge in [-0.05, 0) is 68.1 Å². The Labute approximate surface area is 191 Å². The molecule has 0 unspecified atom stereocenters. The summed E-state index contributed by atoms with van der Waals surface area (Å²) in [5.74, 6) is -0.876. The van der Waals surface area contributed by atoms with E-state index < -0.39 is 11.6 Å². The first-order valence-corrected chi connectivity index (χ1v) is 10.4. The predicted octanol–water partition coefficient (Wildman–Crippen LogP) is 6.79. The molecule has 0 aliphatic heterocycles. The van der Waals surface area contributed by atoms with Gasteiger partial charge in [0.15, 0.2) is 0 Å². The minimum Gasteiger partial charge on any atom is -0.366 e. The largest absolute Gasteiger partial charge is 0.366 e. The van der Waals surface area contributed by atoms with Crippen LogP contribution in [-0.2, 0) is 6.42 Å². The first-order chi connectivity index (χ1) is 13.8. The zero-order valence-electron chi connectivity index (χ0n) is 17.8. The molecule has 3 nitrogen and oxygen atoms in total. The van der Waals surface area contributed by atoms with Gasteiger partial charge in [0.25, 0.3) is 0 Å². The molecule has 0 aliphatic carbocycles. The average Bonchev–Trinajstić information content (AvgIpc) is 3.14. The molecule has 0 atom stereocenters. The molecule has 0 radical (unpaired) electrons. The molecule has 7 heteroatoms. The number of benzene rings is 2. The summed E-state index contributed by atoms with van der Waals surface area (Å²) in [4.78, 5) is 11.1. The summed E-state index contributed by atoms with van der Waals surface area (Å²) in [6, 6.07) is 6.64. The van der Waals surface area contributed by atoms with Gasteiger partial charge in [-0.25, -0.2) is 18.8 Å². The highest BCUT2D eigenvalue weighted by atomic mass is 79.9. The molecule has 0 fully saturated rings. The van der Waals surface area contributed by atoms with E-state index in [0.717, 1.165) is 33.9 Å². The Morgan fingerprint density at radius 2 is 1.77 bits per heavy atom. The van der Waals surface area contributed by atoms with Crippen LogP contribution in [0.3, 0.4) is 0 Å². The summed E-state index contributed by atoms with van der Waals surface area (Å²) >= 11 is 1.46. The van der Waals surface area contributed by atoms with Crippen LogP contribution in [0.15, 0.2) is 34.6 Å². The Kier molecular flexibility index (Phi) is 8.26. The highest BCUT2D eigenvalue weighted by molar-refractivity contribution is 8.93. The third-order valence-electron chi connectivity index (χ3n) is 4.96. The van der Waals surface area contributed by atoms with Crippen LogP contribution < -0.4 is 0 Å². The van der Waals surface area contributed by atoms with E-state index in [-0.39, 0.29) is 22.5 Å².